The van der Waals surface area contributed by atoms with Crippen molar-refractivity contribution in [2.45, 2.75) is 63.5 Å². The number of alkyl halides is 2. The first-order valence-electron chi connectivity index (χ1n) is 13.8. The highest BCUT2D eigenvalue weighted by Crippen LogP contribution is 2.46. The zero-order valence-electron chi connectivity index (χ0n) is 22.2. The third-order valence-corrected chi connectivity index (χ3v) is 9.73. The summed E-state index contributed by atoms with van der Waals surface area (Å²) in [6.07, 6.45) is 11.4. The highest BCUT2D eigenvalue weighted by Gasteiger charge is 2.50. The van der Waals surface area contributed by atoms with Crippen LogP contribution in [-0.2, 0) is 9.53 Å². The minimum Gasteiger partial charge on any atom is -0.369 e. The molecule has 6 rings (SSSR count). The summed E-state index contributed by atoms with van der Waals surface area (Å²) in [4.78, 5) is 36.9. The Hall–Kier alpha value is -3.19. The average Bonchev–Trinajstić information content (AvgIpc) is 3.28. The van der Waals surface area contributed by atoms with Crippen molar-refractivity contribution in [3.8, 4) is 11.4 Å². The number of ether oxygens (including phenoxy) is 1. The number of amides is 2. The molecule has 2 aliphatic carbocycles. The summed E-state index contributed by atoms with van der Waals surface area (Å²) in [5.41, 5.74) is 0.479. The van der Waals surface area contributed by atoms with Crippen LogP contribution in [0.15, 0.2) is 23.8 Å². The van der Waals surface area contributed by atoms with E-state index in [1.807, 2.05) is 16.5 Å². The number of aromatic nitrogens is 4. The standard InChI is InChI=1S/C27H33F2N7O3S/c28-25(29)39-16-26(5-1-2-6-26)15-30-21-13-20(33-22(34-21)19-14-32-36-11-12-40-24(19)36)23(38)35-9-3-18(4-10-35)27(7-8-27)31-17-37/h11-14,17-18,25H,1-10,15-16H2,(H,31,37)(H,30,33,34). The molecule has 3 fully saturated rings. The first-order valence-corrected chi connectivity index (χ1v) is 14.7. The topological polar surface area (TPSA) is 114 Å². The molecule has 13 heteroatoms. The van der Waals surface area contributed by atoms with Crippen molar-refractivity contribution in [3.63, 3.8) is 0 Å². The number of halogens is 2. The lowest BCUT2D eigenvalue weighted by atomic mass is 9.87. The molecule has 3 aromatic heterocycles. The summed E-state index contributed by atoms with van der Waals surface area (Å²) in [6.45, 7) is -1.26. The zero-order valence-corrected chi connectivity index (χ0v) is 23.0. The Morgan fingerprint density at radius 1 is 1.20 bits per heavy atom. The van der Waals surface area contributed by atoms with Gasteiger partial charge in [0, 0.05) is 48.2 Å². The lowest BCUT2D eigenvalue weighted by molar-refractivity contribution is -0.149. The normalized spacial score (nSPS) is 20.2. The van der Waals surface area contributed by atoms with Gasteiger partial charge in [-0.15, -0.1) is 11.3 Å². The van der Waals surface area contributed by atoms with Crippen molar-refractivity contribution in [2.75, 3.05) is 31.6 Å². The van der Waals surface area contributed by atoms with Gasteiger partial charge in [0.1, 0.15) is 16.3 Å². The lowest BCUT2D eigenvalue weighted by Gasteiger charge is -2.36. The molecule has 4 heterocycles. The second kappa shape index (κ2) is 11.0. The fourth-order valence-corrected chi connectivity index (χ4v) is 7.17. The molecule has 214 valence electrons. The largest absolute Gasteiger partial charge is 0.369 e. The van der Waals surface area contributed by atoms with E-state index in [1.165, 1.54) is 11.3 Å². The number of thiazole rings is 1. The molecule has 0 aromatic carbocycles. The number of hydrogen-bond donors (Lipinski definition) is 2. The van der Waals surface area contributed by atoms with Crippen LogP contribution in [0.1, 0.15) is 61.9 Å². The third-order valence-electron chi connectivity index (χ3n) is 8.84. The minimum atomic E-state index is -2.81. The second-order valence-corrected chi connectivity index (χ2v) is 12.2. The lowest BCUT2D eigenvalue weighted by Crippen LogP contribution is -2.46. The van der Waals surface area contributed by atoms with E-state index in [0.717, 1.165) is 68.2 Å². The number of piperidine rings is 1. The Labute approximate surface area is 234 Å². The Morgan fingerprint density at radius 2 is 1.98 bits per heavy atom. The summed E-state index contributed by atoms with van der Waals surface area (Å²) < 4.78 is 32.2. The molecular formula is C27H33F2N7O3S. The van der Waals surface area contributed by atoms with Crippen LogP contribution in [-0.4, -0.2) is 75.2 Å². The van der Waals surface area contributed by atoms with Gasteiger partial charge in [-0.2, -0.15) is 13.9 Å². The Kier molecular flexibility index (Phi) is 7.43. The van der Waals surface area contributed by atoms with Crippen molar-refractivity contribution in [3.05, 3.63) is 29.5 Å². The number of anilines is 1. The van der Waals surface area contributed by atoms with Gasteiger partial charge in [-0.1, -0.05) is 12.8 Å². The molecule has 2 N–H and O–H groups in total. The van der Waals surface area contributed by atoms with Gasteiger partial charge < -0.3 is 20.3 Å². The maximum Gasteiger partial charge on any atom is 0.345 e. The van der Waals surface area contributed by atoms with E-state index in [9.17, 15) is 18.4 Å². The van der Waals surface area contributed by atoms with Crippen LogP contribution in [0.3, 0.4) is 0 Å². The minimum absolute atomic E-state index is 0.0317. The van der Waals surface area contributed by atoms with Gasteiger partial charge in [-0.05, 0) is 44.4 Å². The maximum absolute atomic E-state index is 13.7. The molecule has 0 unspecified atom stereocenters. The molecule has 2 amide bonds. The summed E-state index contributed by atoms with van der Waals surface area (Å²) in [6, 6.07) is 1.65. The predicted octanol–water partition coefficient (Wildman–Crippen LogP) is 4.20. The SMILES string of the molecule is O=CNC1(C2CCN(C(=O)c3cc(NCC4(COC(F)F)CCCC4)nc(-c4cnn5ccsc45)n3)CC2)CC1. The number of hydrogen-bond acceptors (Lipinski definition) is 8. The number of carbonyl (C=O) groups is 2. The van der Waals surface area contributed by atoms with Crippen LogP contribution in [0.2, 0.25) is 0 Å². The van der Waals surface area contributed by atoms with Crippen molar-refractivity contribution in [1.29, 1.82) is 0 Å². The first-order chi connectivity index (χ1) is 19.4. The molecule has 0 bridgehead atoms. The maximum atomic E-state index is 13.7. The Balaban J connectivity index is 1.24. The molecule has 0 atom stereocenters. The van der Waals surface area contributed by atoms with Gasteiger partial charge in [0.25, 0.3) is 5.91 Å². The van der Waals surface area contributed by atoms with Gasteiger partial charge in [-0.3, -0.25) is 9.59 Å². The number of nitrogens with zero attached hydrogens (tertiary/aromatic N) is 5. The van der Waals surface area contributed by atoms with E-state index in [1.54, 1.807) is 16.8 Å². The van der Waals surface area contributed by atoms with Gasteiger partial charge in [-0.25, -0.2) is 14.5 Å². The van der Waals surface area contributed by atoms with E-state index in [4.69, 9.17) is 9.72 Å². The van der Waals surface area contributed by atoms with Crippen molar-refractivity contribution in [1.82, 2.24) is 29.8 Å². The van der Waals surface area contributed by atoms with Crippen LogP contribution in [0, 0.1) is 11.3 Å². The molecule has 1 saturated heterocycles. The van der Waals surface area contributed by atoms with Gasteiger partial charge in [0.2, 0.25) is 6.41 Å². The van der Waals surface area contributed by atoms with Crippen molar-refractivity contribution >= 4 is 34.3 Å². The van der Waals surface area contributed by atoms with E-state index >= 15 is 0 Å². The monoisotopic (exact) mass is 573 g/mol. The van der Waals surface area contributed by atoms with E-state index in [-0.39, 0.29) is 23.7 Å². The summed E-state index contributed by atoms with van der Waals surface area (Å²) in [5.74, 6) is 1.04. The van der Waals surface area contributed by atoms with E-state index in [0.29, 0.717) is 37.2 Å². The summed E-state index contributed by atoms with van der Waals surface area (Å²) >= 11 is 1.50. The molecule has 10 nitrogen and oxygen atoms in total. The first kappa shape index (κ1) is 27.0. The second-order valence-electron chi connectivity index (χ2n) is 11.3. The predicted molar refractivity (Wildman–Crippen MR) is 145 cm³/mol. The van der Waals surface area contributed by atoms with Gasteiger partial charge >= 0.3 is 6.61 Å². The molecular weight excluding hydrogens is 540 g/mol. The van der Waals surface area contributed by atoms with E-state index < -0.39 is 12.0 Å². The zero-order chi connectivity index (χ0) is 27.7. The number of rotatable bonds is 11. The smallest absolute Gasteiger partial charge is 0.345 e. The molecule has 0 radical (unpaired) electrons. The fourth-order valence-electron chi connectivity index (χ4n) is 6.38. The average molecular weight is 574 g/mol. The highest BCUT2D eigenvalue weighted by atomic mass is 32.1. The number of nitrogens with one attached hydrogen (secondary N) is 2. The summed E-state index contributed by atoms with van der Waals surface area (Å²) in [5, 5.41) is 12.6. The molecule has 3 aliphatic rings. The molecule has 2 saturated carbocycles. The third kappa shape index (κ3) is 5.40. The molecule has 3 aromatic rings. The number of carbonyl (C=O) groups excluding carboxylic acids is 2. The van der Waals surface area contributed by atoms with Crippen LogP contribution in [0.4, 0.5) is 14.6 Å². The Bertz CT molecular complexity index is 1360. The Morgan fingerprint density at radius 3 is 2.67 bits per heavy atom. The van der Waals surface area contributed by atoms with Crippen LogP contribution in [0.5, 0.6) is 0 Å². The van der Waals surface area contributed by atoms with Crippen LogP contribution in [0.25, 0.3) is 16.2 Å². The molecule has 0 spiro atoms. The number of likely N-dealkylation sites (tertiary alicyclic amines) is 1. The van der Waals surface area contributed by atoms with E-state index in [2.05, 4.69) is 20.7 Å². The summed E-state index contributed by atoms with van der Waals surface area (Å²) in [7, 11) is 0. The van der Waals surface area contributed by atoms with Crippen LogP contribution >= 0.6 is 11.3 Å². The van der Waals surface area contributed by atoms with Gasteiger partial charge in [0.15, 0.2) is 5.82 Å². The fraction of sp³-hybridized carbons (Fsp3) is 0.593. The molecule has 40 heavy (non-hydrogen) atoms. The number of fused-ring (bicyclic) bond motifs is 1. The van der Waals surface area contributed by atoms with Crippen LogP contribution < -0.4 is 10.6 Å². The van der Waals surface area contributed by atoms with Crippen molar-refractivity contribution in [2.24, 2.45) is 11.3 Å². The highest BCUT2D eigenvalue weighted by molar-refractivity contribution is 7.16. The molecule has 1 aliphatic heterocycles. The van der Waals surface area contributed by atoms with Crippen molar-refractivity contribution < 1.29 is 23.1 Å². The quantitative estimate of drug-likeness (QED) is 0.331. The van der Waals surface area contributed by atoms with Gasteiger partial charge in [0.05, 0.1) is 18.4 Å².